The van der Waals surface area contributed by atoms with Crippen LogP contribution in [0.1, 0.15) is 66.1 Å². The van der Waals surface area contributed by atoms with Gasteiger partial charge < -0.3 is 24.8 Å². The Balaban J connectivity index is 1.53. The van der Waals surface area contributed by atoms with Crippen LogP contribution in [0.3, 0.4) is 0 Å². The molecule has 0 bridgehead atoms. The van der Waals surface area contributed by atoms with Gasteiger partial charge in [0, 0.05) is 19.1 Å². The summed E-state index contributed by atoms with van der Waals surface area (Å²) in [6, 6.07) is 7.55. The summed E-state index contributed by atoms with van der Waals surface area (Å²) < 4.78 is 6.84. The van der Waals surface area contributed by atoms with E-state index in [2.05, 4.69) is 15.6 Å². The van der Waals surface area contributed by atoms with Crippen LogP contribution < -0.4 is 15.4 Å². The van der Waals surface area contributed by atoms with E-state index < -0.39 is 11.4 Å². The predicted octanol–water partition coefficient (Wildman–Crippen LogP) is 2.11. The number of carbonyl (C=O) groups excluding carboxylic acids is 3. The molecule has 1 aromatic heterocycles. The number of nitrogens with zero attached hydrogens (tertiary/aromatic N) is 3. The summed E-state index contributed by atoms with van der Waals surface area (Å²) in [6.07, 6.45) is 5.63. The monoisotopic (exact) mass is 453 g/mol. The number of fused-ring (bicyclic) bond motifs is 1. The summed E-state index contributed by atoms with van der Waals surface area (Å²) in [5.74, 6) is -0.259. The highest BCUT2D eigenvalue weighted by Gasteiger charge is 2.48. The molecule has 1 fully saturated rings. The SMILES string of the molecule is CCN1C(=O)c2c(C(=O)NCc3cccc(OC)c3)ncn2CC1(C)C(=O)NC1CCCC1. The second-order valence-electron chi connectivity index (χ2n) is 8.88. The number of carbonyl (C=O) groups is 3. The average Bonchev–Trinajstić information content (AvgIpc) is 3.47. The van der Waals surface area contributed by atoms with Gasteiger partial charge in [-0.1, -0.05) is 25.0 Å². The second kappa shape index (κ2) is 9.25. The number of amides is 3. The van der Waals surface area contributed by atoms with Crippen LogP contribution in [0.15, 0.2) is 30.6 Å². The molecule has 2 N–H and O–H groups in total. The Labute approximate surface area is 193 Å². The Kier molecular flexibility index (Phi) is 6.40. The standard InChI is InChI=1S/C24H31N5O4/c1-4-29-22(31)20-19(21(30)25-13-16-8-7-11-18(12-16)33-3)26-15-28(20)14-24(29,2)23(32)27-17-9-5-6-10-17/h7-8,11-12,15,17H,4-6,9-10,13-14H2,1-3H3,(H,25,30)(H,27,32). The highest BCUT2D eigenvalue weighted by atomic mass is 16.5. The molecule has 9 heteroatoms. The van der Waals surface area contributed by atoms with Crippen molar-refractivity contribution in [1.82, 2.24) is 25.1 Å². The van der Waals surface area contributed by atoms with E-state index >= 15 is 0 Å². The van der Waals surface area contributed by atoms with Crippen LogP contribution in [0.2, 0.25) is 0 Å². The molecular weight excluding hydrogens is 422 g/mol. The molecule has 1 aliphatic heterocycles. The Morgan fingerprint density at radius 1 is 1.27 bits per heavy atom. The van der Waals surface area contributed by atoms with E-state index in [1.165, 1.54) is 6.33 Å². The zero-order valence-corrected chi connectivity index (χ0v) is 19.4. The van der Waals surface area contributed by atoms with Crippen molar-refractivity contribution >= 4 is 17.7 Å². The third-order valence-electron chi connectivity index (χ3n) is 6.66. The molecule has 4 rings (SSSR count). The minimum atomic E-state index is -1.05. The van der Waals surface area contributed by atoms with Gasteiger partial charge in [0.2, 0.25) is 5.91 Å². The molecule has 1 aromatic carbocycles. The number of rotatable bonds is 7. The summed E-state index contributed by atoms with van der Waals surface area (Å²) in [5.41, 5.74) is 0.107. The fourth-order valence-corrected chi connectivity index (χ4v) is 4.81. The van der Waals surface area contributed by atoms with Crippen molar-refractivity contribution in [2.45, 2.75) is 64.2 Å². The molecule has 2 heterocycles. The van der Waals surface area contributed by atoms with Crippen molar-refractivity contribution < 1.29 is 19.1 Å². The van der Waals surface area contributed by atoms with Gasteiger partial charge in [-0.05, 0) is 44.4 Å². The second-order valence-corrected chi connectivity index (χ2v) is 8.88. The van der Waals surface area contributed by atoms with Crippen LogP contribution in [0.5, 0.6) is 5.75 Å². The Hall–Kier alpha value is -3.36. The smallest absolute Gasteiger partial charge is 0.273 e. The quantitative estimate of drug-likeness (QED) is 0.668. The lowest BCUT2D eigenvalue weighted by molar-refractivity contribution is -0.133. The van der Waals surface area contributed by atoms with Gasteiger partial charge in [0.1, 0.15) is 17.0 Å². The van der Waals surface area contributed by atoms with E-state index in [9.17, 15) is 14.4 Å². The largest absolute Gasteiger partial charge is 0.497 e. The summed E-state index contributed by atoms with van der Waals surface area (Å²) in [7, 11) is 1.59. The maximum Gasteiger partial charge on any atom is 0.273 e. The Morgan fingerprint density at radius 3 is 2.73 bits per heavy atom. The first kappa shape index (κ1) is 22.8. The van der Waals surface area contributed by atoms with Crippen molar-refractivity contribution in [3.05, 3.63) is 47.5 Å². The number of hydrogen-bond donors (Lipinski definition) is 2. The molecule has 1 aliphatic carbocycles. The molecule has 9 nitrogen and oxygen atoms in total. The van der Waals surface area contributed by atoms with E-state index in [0.717, 1.165) is 31.2 Å². The molecule has 0 radical (unpaired) electrons. The minimum Gasteiger partial charge on any atom is -0.497 e. The van der Waals surface area contributed by atoms with Crippen LogP contribution in [0.25, 0.3) is 0 Å². The Morgan fingerprint density at radius 2 is 2.03 bits per heavy atom. The van der Waals surface area contributed by atoms with E-state index in [-0.39, 0.29) is 42.3 Å². The maximum absolute atomic E-state index is 13.4. The predicted molar refractivity (Wildman–Crippen MR) is 122 cm³/mol. The van der Waals surface area contributed by atoms with Crippen molar-refractivity contribution in [1.29, 1.82) is 0 Å². The van der Waals surface area contributed by atoms with Gasteiger partial charge in [-0.15, -0.1) is 0 Å². The van der Waals surface area contributed by atoms with E-state index in [1.54, 1.807) is 23.5 Å². The molecule has 1 atom stereocenters. The third-order valence-corrected chi connectivity index (χ3v) is 6.66. The molecule has 176 valence electrons. The number of benzene rings is 1. The van der Waals surface area contributed by atoms with Crippen LogP contribution in [-0.2, 0) is 17.9 Å². The lowest BCUT2D eigenvalue weighted by atomic mass is 9.94. The number of methoxy groups -OCH3 is 1. The van der Waals surface area contributed by atoms with E-state index in [0.29, 0.717) is 12.3 Å². The zero-order chi connectivity index (χ0) is 23.6. The fraction of sp³-hybridized carbons (Fsp3) is 0.500. The van der Waals surface area contributed by atoms with Gasteiger partial charge in [-0.3, -0.25) is 14.4 Å². The molecule has 0 spiro atoms. The van der Waals surface area contributed by atoms with Crippen molar-refractivity contribution in [3.63, 3.8) is 0 Å². The maximum atomic E-state index is 13.4. The third kappa shape index (κ3) is 4.31. The van der Waals surface area contributed by atoms with Crippen LogP contribution in [-0.4, -0.2) is 57.4 Å². The molecule has 2 aromatic rings. The molecule has 33 heavy (non-hydrogen) atoms. The van der Waals surface area contributed by atoms with Gasteiger partial charge in [-0.2, -0.15) is 0 Å². The fourth-order valence-electron chi connectivity index (χ4n) is 4.81. The van der Waals surface area contributed by atoms with Gasteiger partial charge in [0.05, 0.1) is 20.0 Å². The van der Waals surface area contributed by atoms with Crippen molar-refractivity contribution in [3.8, 4) is 5.75 Å². The molecule has 2 aliphatic rings. The Bertz CT molecular complexity index is 1060. The number of hydrogen-bond acceptors (Lipinski definition) is 5. The van der Waals surface area contributed by atoms with Gasteiger partial charge in [0.15, 0.2) is 5.69 Å². The first-order valence-electron chi connectivity index (χ1n) is 11.5. The number of aromatic nitrogens is 2. The molecule has 0 saturated heterocycles. The summed E-state index contributed by atoms with van der Waals surface area (Å²) in [6.45, 7) is 4.49. The van der Waals surface area contributed by atoms with Crippen LogP contribution in [0, 0.1) is 0 Å². The van der Waals surface area contributed by atoms with E-state index in [4.69, 9.17) is 4.74 Å². The number of likely N-dealkylation sites (N-methyl/N-ethyl adjacent to an activating group) is 1. The molecule has 1 saturated carbocycles. The van der Waals surface area contributed by atoms with Gasteiger partial charge >= 0.3 is 0 Å². The number of imidazole rings is 1. The lowest BCUT2D eigenvalue weighted by Gasteiger charge is -2.43. The highest BCUT2D eigenvalue weighted by Crippen LogP contribution is 2.29. The zero-order valence-electron chi connectivity index (χ0n) is 19.4. The van der Waals surface area contributed by atoms with E-state index in [1.807, 2.05) is 31.2 Å². The lowest BCUT2D eigenvalue weighted by Crippen LogP contribution is -2.64. The van der Waals surface area contributed by atoms with Gasteiger partial charge in [0.25, 0.3) is 11.8 Å². The van der Waals surface area contributed by atoms with Crippen molar-refractivity contribution in [2.75, 3.05) is 13.7 Å². The van der Waals surface area contributed by atoms with Gasteiger partial charge in [-0.25, -0.2) is 4.98 Å². The minimum absolute atomic E-state index is 0.0691. The summed E-state index contributed by atoms with van der Waals surface area (Å²) >= 11 is 0. The average molecular weight is 454 g/mol. The first-order chi connectivity index (χ1) is 15.9. The normalized spacial score (nSPS) is 20.5. The first-order valence-corrected chi connectivity index (χ1v) is 11.5. The number of ether oxygens (including phenoxy) is 1. The highest BCUT2D eigenvalue weighted by molar-refractivity contribution is 6.07. The molecular formula is C24H31N5O4. The number of nitrogens with one attached hydrogen (secondary N) is 2. The molecule has 3 amide bonds. The molecule has 1 unspecified atom stereocenters. The topological polar surface area (TPSA) is 106 Å². The van der Waals surface area contributed by atoms with Crippen molar-refractivity contribution in [2.24, 2.45) is 0 Å². The van der Waals surface area contributed by atoms with Crippen LogP contribution in [0.4, 0.5) is 0 Å². The van der Waals surface area contributed by atoms with Crippen LogP contribution >= 0.6 is 0 Å². The summed E-state index contributed by atoms with van der Waals surface area (Å²) in [4.78, 5) is 45.4. The summed E-state index contributed by atoms with van der Waals surface area (Å²) in [5, 5.41) is 5.95.